The molecule has 1 unspecified atom stereocenters. The fraction of sp³-hybridized carbons (Fsp3) is 0.583. The van der Waals surface area contributed by atoms with Crippen LogP contribution < -0.4 is 10.6 Å². The van der Waals surface area contributed by atoms with Gasteiger partial charge >= 0.3 is 0 Å². The first kappa shape index (κ1) is 11.2. The zero-order valence-electron chi connectivity index (χ0n) is 9.37. The molecule has 1 amide bonds. The second-order valence-corrected chi connectivity index (χ2v) is 4.21. The summed E-state index contributed by atoms with van der Waals surface area (Å²) >= 11 is 0. The minimum absolute atomic E-state index is 0.0933. The van der Waals surface area contributed by atoms with Gasteiger partial charge in [0, 0.05) is 12.5 Å². The summed E-state index contributed by atoms with van der Waals surface area (Å²) in [4.78, 5) is 11.6. The smallest absolute Gasteiger partial charge is 0.221 e. The maximum Gasteiger partial charge on any atom is 0.221 e. The summed E-state index contributed by atoms with van der Waals surface area (Å²) < 4.78 is 5.14. The number of furan rings is 1. The van der Waals surface area contributed by atoms with Crippen LogP contribution in [0.25, 0.3) is 0 Å². The Morgan fingerprint density at radius 2 is 2.50 bits per heavy atom. The van der Waals surface area contributed by atoms with Crippen LogP contribution in [0.5, 0.6) is 0 Å². The Hall–Kier alpha value is -1.29. The highest BCUT2D eigenvalue weighted by Crippen LogP contribution is 2.09. The third-order valence-corrected chi connectivity index (χ3v) is 2.88. The standard InChI is InChI=1S/C12H18N2O2/c15-12(8-10-4-1-2-6-13-10)14-9-11-5-3-7-16-11/h3,5,7,10,13H,1-2,4,6,8-9H2,(H,14,15). The lowest BCUT2D eigenvalue weighted by molar-refractivity contribution is -0.121. The van der Waals surface area contributed by atoms with Crippen LogP contribution in [0.3, 0.4) is 0 Å². The van der Waals surface area contributed by atoms with Crippen molar-refractivity contribution in [2.24, 2.45) is 0 Å². The predicted octanol–water partition coefficient (Wildman–Crippen LogP) is 1.43. The second-order valence-electron chi connectivity index (χ2n) is 4.21. The monoisotopic (exact) mass is 222 g/mol. The molecule has 1 fully saturated rings. The molecule has 0 spiro atoms. The maximum absolute atomic E-state index is 11.6. The molecule has 1 aromatic rings. The van der Waals surface area contributed by atoms with E-state index < -0.39 is 0 Å². The van der Waals surface area contributed by atoms with Crippen molar-refractivity contribution in [1.82, 2.24) is 10.6 Å². The lowest BCUT2D eigenvalue weighted by Crippen LogP contribution is -2.38. The minimum Gasteiger partial charge on any atom is -0.467 e. The molecule has 0 aromatic carbocycles. The summed E-state index contributed by atoms with van der Waals surface area (Å²) in [5.74, 6) is 0.890. The SMILES string of the molecule is O=C(CC1CCCCN1)NCc1ccco1. The molecule has 4 nitrogen and oxygen atoms in total. The van der Waals surface area contributed by atoms with Crippen LogP contribution in [-0.2, 0) is 11.3 Å². The third kappa shape index (κ3) is 3.38. The van der Waals surface area contributed by atoms with Crippen LogP contribution in [0, 0.1) is 0 Å². The van der Waals surface area contributed by atoms with E-state index in [1.165, 1.54) is 12.8 Å². The first-order valence-electron chi connectivity index (χ1n) is 5.87. The van der Waals surface area contributed by atoms with Crippen molar-refractivity contribution in [3.05, 3.63) is 24.2 Å². The fourth-order valence-corrected chi connectivity index (χ4v) is 1.99. The molecule has 0 saturated carbocycles. The number of piperidine rings is 1. The van der Waals surface area contributed by atoms with Gasteiger partial charge in [0.15, 0.2) is 0 Å². The van der Waals surface area contributed by atoms with E-state index in [0.717, 1.165) is 18.7 Å². The first-order valence-corrected chi connectivity index (χ1v) is 5.87. The summed E-state index contributed by atoms with van der Waals surface area (Å²) in [5.41, 5.74) is 0. The largest absolute Gasteiger partial charge is 0.467 e. The van der Waals surface area contributed by atoms with Crippen molar-refractivity contribution < 1.29 is 9.21 Å². The molecule has 1 atom stereocenters. The van der Waals surface area contributed by atoms with Crippen molar-refractivity contribution in [1.29, 1.82) is 0 Å². The highest BCUT2D eigenvalue weighted by Gasteiger charge is 2.15. The Bertz CT molecular complexity index is 316. The highest BCUT2D eigenvalue weighted by atomic mass is 16.3. The molecule has 1 aromatic heterocycles. The van der Waals surface area contributed by atoms with E-state index in [-0.39, 0.29) is 5.91 Å². The summed E-state index contributed by atoms with van der Waals surface area (Å²) in [5, 5.41) is 6.22. The normalized spacial score (nSPS) is 20.6. The van der Waals surface area contributed by atoms with Gasteiger partial charge in [0.25, 0.3) is 0 Å². The lowest BCUT2D eigenvalue weighted by Gasteiger charge is -2.22. The van der Waals surface area contributed by atoms with Gasteiger partial charge in [-0.1, -0.05) is 6.42 Å². The van der Waals surface area contributed by atoms with Gasteiger partial charge in [-0.2, -0.15) is 0 Å². The molecule has 88 valence electrons. The van der Waals surface area contributed by atoms with Crippen molar-refractivity contribution in [3.8, 4) is 0 Å². The average Bonchev–Trinajstić information content (AvgIpc) is 2.81. The van der Waals surface area contributed by atoms with Crippen molar-refractivity contribution >= 4 is 5.91 Å². The summed E-state index contributed by atoms with van der Waals surface area (Å²) in [6, 6.07) is 4.04. The molecule has 2 rings (SSSR count). The van der Waals surface area contributed by atoms with Crippen LogP contribution >= 0.6 is 0 Å². The Balaban J connectivity index is 1.67. The Kier molecular flexibility index (Phi) is 3.99. The maximum atomic E-state index is 11.6. The fourth-order valence-electron chi connectivity index (χ4n) is 1.99. The van der Waals surface area contributed by atoms with Gasteiger partial charge in [-0.05, 0) is 31.5 Å². The first-order chi connectivity index (χ1) is 7.84. The second kappa shape index (κ2) is 5.70. The Morgan fingerprint density at radius 1 is 1.56 bits per heavy atom. The molecule has 1 aliphatic rings. The number of nitrogens with one attached hydrogen (secondary N) is 2. The minimum atomic E-state index is 0.0933. The third-order valence-electron chi connectivity index (χ3n) is 2.88. The summed E-state index contributed by atoms with van der Waals surface area (Å²) in [6.45, 7) is 1.52. The number of amides is 1. The topological polar surface area (TPSA) is 54.3 Å². The molecule has 1 aliphatic heterocycles. The Labute approximate surface area is 95.4 Å². The van der Waals surface area contributed by atoms with Crippen LogP contribution in [0.2, 0.25) is 0 Å². The van der Waals surface area contributed by atoms with Gasteiger partial charge in [0.2, 0.25) is 5.91 Å². The van der Waals surface area contributed by atoms with E-state index in [0.29, 0.717) is 19.0 Å². The molecular formula is C12H18N2O2. The number of carbonyl (C=O) groups excluding carboxylic acids is 1. The zero-order chi connectivity index (χ0) is 11.2. The van der Waals surface area contributed by atoms with Gasteiger partial charge in [-0.3, -0.25) is 4.79 Å². The number of carbonyl (C=O) groups is 1. The van der Waals surface area contributed by atoms with E-state index in [1.54, 1.807) is 6.26 Å². The van der Waals surface area contributed by atoms with Crippen LogP contribution in [0.1, 0.15) is 31.4 Å². The summed E-state index contributed by atoms with van der Waals surface area (Å²) in [6.07, 6.45) is 5.74. The van der Waals surface area contributed by atoms with Gasteiger partial charge in [-0.25, -0.2) is 0 Å². The quantitative estimate of drug-likeness (QED) is 0.810. The van der Waals surface area contributed by atoms with E-state index in [4.69, 9.17) is 4.42 Å². The highest BCUT2D eigenvalue weighted by molar-refractivity contribution is 5.76. The molecular weight excluding hydrogens is 204 g/mol. The molecule has 1 saturated heterocycles. The Morgan fingerprint density at radius 3 is 3.19 bits per heavy atom. The molecule has 4 heteroatoms. The number of hydrogen-bond acceptors (Lipinski definition) is 3. The van der Waals surface area contributed by atoms with Gasteiger partial charge in [0.1, 0.15) is 5.76 Å². The van der Waals surface area contributed by atoms with Crippen molar-refractivity contribution in [3.63, 3.8) is 0 Å². The van der Waals surface area contributed by atoms with E-state index in [9.17, 15) is 4.79 Å². The van der Waals surface area contributed by atoms with E-state index in [2.05, 4.69) is 10.6 Å². The van der Waals surface area contributed by atoms with Gasteiger partial charge in [0.05, 0.1) is 12.8 Å². The van der Waals surface area contributed by atoms with Crippen LogP contribution in [-0.4, -0.2) is 18.5 Å². The van der Waals surface area contributed by atoms with Crippen molar-refractivity contribution in [2.75, 3.05) is 6.54 Å². The molecule has 16 heavy (non-hydrogen) atoms. The van der Waals surface area contributed by atoms with Gasteiger partial charge < -0.3 is 15.1 Å². The molecule has 0 radical (unpaired) electrons. The molecule has 0 aliphatic carbocycles. The lowest BCUT2D eigenvalue weighted by atomic mass is 10.0. The zero-order valence-corrected chi connectivity index (χ0v) is 9.37. The number of hydrogen-bond donors (Lipinski definition) is 2. The molecule has 2 N–H and O–H groups in total. The van der Waals surface area contributed by atoms with Crippen LogP contribution in [0.4, 0.5) is 0 Å². The molecule has 2 heterocycles. The average molecular weight is 222 g/mol. The summed E-state index contributed by atoms with van der Waals surface area (Å²) in [7, 11) is 0. The van der Waals surface area contributed by atoms with E-state index in [1.807, 2.05) is 12.1 Å². The van der Waals surface area contributed by atoms with Crippen molar-refractivity contribution in [2.45, 2.75) is 38.3 Å². The van der Waals surface area contributed by atoms with Gasteiger partial charge in [-0.15, -0.1) is 0 Å². The molecule has 0 bridgehead atoms. The number of rotatable bonds is 4. The predicted molar refractivity (Wildman–Crippen MR) is 60.8 cm³/mol. The van der Waals surface area contributed by atoms with E-state index >= 15 is 0 Å². The van der Waals surface area contributed by atoms with Crippen LogP contribution in [0.15, 0.2) is 22.8 Å².